The van der Waals surface area contributed by atoms with Gasteiger partial charge in [-0.15, -0.1) is 0 Å². The summed E-state index contributed by atoms with van der Waals surface area (Å²) in [6.07, 6.45) is 0. The zero-order chi connectivity index (χ0) is 22.5. The molecule has 0 aliphatic heterocycles. The molecule has 1 N–H and O–H groups in total. The standard InChI is InChI=1S/C18H8BrClF5NO3S/c1-5(27)9-17(28)10-8(20)3-2-7(19)16(10)26-18(9)30(29)4-6-11(21)13(23)15(25)14(24)12(6)22/h2-3H,4H2,1H3,(H,26,28). The van der Waals surface area contributed by atoms with Gasteiger partial charge in [-0.25, -0.2) is 22.0 Å². The average molecular weight is 529 g/mol. The van der Waals surface area contributed by atoms with Crippen molar-refractivity contribution < 1.29 is 31.0 Å². The highest BCUT2D eigenvalue weighted by molar-refractivity contribution is 9.10. The molecule has 1 aromatic heterocycles. The Morgan fingerprint density at radius 3 is 2.13 bits per heavy atom. The van der Waals surface area contributed by atoms with Crippen molar-refractivity contribution in [3.05, 3.63) is 72.1 Å². The van der Waals surface area contributed by atoms with E-state index in [1.165, 1.54) is 12.1 Å². The average Bonchev–Trinajstić information content (AvgIpc) is 2.70. The van der Waals surface area contributed by atoms with Crippen molar-refractivity contribution in [2.45, 2.75) is 17.7 Å². The molecule has 1 heterocycles. The molecule has 12 heteroatoms. The second-order valence-corrected chi connectivity index (χ2v) is 8.68. The van der Waals surface area contributed by atoms with Crippen LogP contribution in [0, 0.1) is 29.1 Å². The minimum atomic E-state index is -2.57. The maximum absolute atomic E-state index is 14.0. The van der Waals surface area contributed by atoms with Crippen molar-refractivity contribution in [3.8, 4) is 0 Å². The fourth-order valence-electron chi connectivity index (χ4n) is 2.77. The Morgan fingerprint density at radius 1 is 1.07 bits per heavy atom. The molecular formula is C18H8BrClF5NO3S. The SMILES string of the molecule is CC(=O)c1c(S(=O)Cc2c(F)c(F)c(F)c(F)c2F)[nH]c2c(Br)ccc(Cl)c2c1=O. The van der Waals surface area contributed by atoms with Crippen LogP contribution in [0.25, 0.3) is 10.9 Å². The van der Waals surface area contributed by atoms with Gasteiger partial charge in [0, 0.05) is 10.0 Å². The van der Waals surface area contributed by atoms with Gasteiger partial charge in [0.15, 0.2) is 29.1 Å². The second kappa shape index (κ2) is 8.20. The number of benzene rings is 2. The summed E-state index contributed by atoms with van der Waals surface area (Å²) in [5, 5.41) is -0.658. The molecule has 1 atom stereocenters. The Bertz CT molecular complexity index is 1300. The number of ketones is 1. The largest absolute Gasteiger partial charge is 0.346 e. The summed E-state index contributed by atoms with van der Waals surface area (Å²) < 4.78 is 81.1. The van der Waals surface area contributed by atoms with Crippen LogP contribution < -0.4 is 5.43 Å². The van der Waals surface area contributed by atoms with Gasteiger partial charge in [0.05, 0.1) is 38.0 Å². The molecule has 0 saturated heterocycles. The summed E-state index contributed by atoms with van der Waals surface area (Å²) in [4.78, 5) is 27.4. The highest BCUT2D eigenvalue weighted by Crippen LogP contribution is 2.30. The number of Topliss-reactive ketones (excluding diaryl/α,β-unsaturated/α-hetero) is 1. The summed E-state index contributed by atoms with van der Waals surface area (Å²) in [6.45, 7) is 0.987. The van der Waals surface area contributed by atoms with Crippen LogP contribution in [0.2, 0.25) is 5.02 Å². The highest BCUT2D eigenvalue weighted by Gasteiger charge is 2.29. The van der Waals surface area contributed by atoms with Crippen LogP contribution in [0.1, 0.15) is 22.8 Å². The summed E-state index contributed by atoms with van der Waals surface area (Å²) in [5.74, 6) is -13.1. The summed E-state index contributed by atoms with van der Waals surface area (Å²) in [5.41, 5.74) is -2.81. The van der Waals surface area contributed by atoms with Gasteiger partial charge in [-0.2, -0.15) is 0 Å². The third kappa shape index (κ3) is 3.58. The second-order valence-electron chi connectivity index (χ2n) is 6.03. The third-order valence-corrected chi connectivity index (χ3v) is 6.47. The van der Waals surface area contributed by atoms with Gasteiger partial charge < -0.3 is 4.98 Å². The van der Waals surface area contributed by atoms with Crippen molar-refractivity contribution >= 4 is 55.0 Å². The lowest BCUT2D eigenvalue weighted by atomic mass is 10.1. The van der Waals surface area contributed by atoms with Crippen LogP contribution in [0.5, 0.6) is 0 Å². The molecule has 0 bridgehead atoms. The van der Waals surface area contributed by atoms with E-state index in [-0.39, 0.29) is 15.9 Å². The zero-order valence-corrected chi connectivity index (χ0v) is 17.8. The number of hydrogen-bond donors (Lipinski definition) is 1. The smallest absolute Gasteiger partial charge is 0.202 e. The van der Waals surface area contributed by atoms with E-state index in [0.29, 0.717) is 4.47 Å². The molecule has 3 aromatic rings. The molecule has 0 aliphatic carbocycles. The predicted molar refractivity (Wildman–Crippen MR) is 104 cm³/mol. The van der Waals surface area contributed by atoms with E-state index in [0.717, 1.165) is 6.92 Å². The van der Waals surface area contributed by atoms with E-state index in [2.05, 4.69) is 20.9 Å². The molecule has 0 fully saturated rings. The zero-order valence-electron chi connectivity index (χ0n) is 14.6. The summed E-state index contributed by atoms with van der Waals surface area (Å²) >= 11 is 9.17. The molecule has 158 valence electrons. The van der Waals surface area contributed by atoms with Crippen molar-refractivity contribution in [2.75, 3.05) is 0 Å². The molecule has 2 aromatic carbocycles. The van der Waals surface area contributed by atoms with Gasteiger partial charge >= 0.3 is 0 Å². The van der Waals surface area contributed by atoms with E-state index in [1.54, 1.807) is 0 Å². The number of nitrogens with one attached hydrogen (secondary N) is 1. The lowest BCUT2D eigenvalue weighted by Gasteiger charge is -2.12. The Balaban J connectivity index is 2.27. The van der Waals surface area contributed by atoms with Crippen molar-refractivity contribution in [3.63, 3.8) is 0 Å². The van der Waals surface area contributed by atoms with Crippen LogP contribution in [0.3, 0.4) is 0 Å². The normalized spacial score (nSPS) is 12.4. The molecular weight excluding hydrogens is 521 g/mol. The summed E-state index contributed by atoms with van der Waals surface area (Å²) in [6, 6.07) is 2.82. The van der Waals surface area contributed by atoms with Gasteiger partial charge in [0.1, 0.15) is 5.03 Å². The Hall–Kier alpha value is -2.11. The maximum Gasteiger partial charge on any atom is 0.202 e. The monoisotopic (exact) mass is 527 g/mol. The number of rotatable bonds is 4. The lowest BCUT2D eigenvalue weighted by Crippen LogP contribution is -2.21. The number of fused-ring (bicyclic) bond motifs is 1. The predicted octanol–water partition coefficient (Wildman–Crippen LogP) is 5.15. The molecule has 0 radical (unpaired) electrons. The van der Waals surface area contributed by atoms with E-state index in [1.807, 2.05) is 0 Å². The first-order valence-electron chi connectivity index (χ1n) is 7.90. The van der Waals surface area contributed by atoms with Crippen molar-refractivity contribution in [2.24, 2.45) is 0 Å². The van der Waals surface area contributed by atoms with E-state index in [9.17, 15) is 35.8 Å². The Kier molecular flexibility index (Phi) is 6.17. The molecule has 0 amide bonds. The van der Waals surface area contributed by atoms with Gasteiger partial charge in [-0.05, 0) is 35.0 Å². The molecule has 4 nitrogen and oxygen atoms in total. The molecule has 0 saturated carbocycles. The molecule has 30 heavy (non-hydrogen) atoms. The number of carbonyl (C=O) groups excluding carboxylic acids is 1. The molecule has 0 aliphatic rings. The topological polar surface area (TPSA) is 67.0 Å². The number of carbonyl (C=O) groups is 1. The van der Waals surface area contributed by atoms with Crippen LogP contribution in [0.4, 0.5) is 22.0 Å². The third-order valence-electron chi connectivity index (χ3n) is 4.18. The van der Waals surface area contributed by atoms with Crippen LogP contribution in [-0.4, -0.2) is 15.0 Å². The van der Waals surface area contributed by atoms with E-state index in [4.69, 9.17) is 11.6 Å². The first kappa shape index (κ1) is 22.6. The number of aromatic amines is 1. The van der Waals surface area contributed by atoms with Crippen molar-refractivity contribution in [1.29, 1.82) is 0 Å². The minimum Gasteiger partial charge on any atom is -0.346 e. The van der Waals surface area contributed by atoms with Crippen LogP contribution in [-0.2, 0) is 16.6 Å². The maximum atomic E-state index is 14.0. The van der Waals surface area contributed by atoms with Crippen LogP contribution in [0.15, 0.2) is 26.4 Å². The fraction of sp³-hybridized carbons (Fsp3) is 0.111. The number of aromatic nitrogens is 1. The van der Waals surface area contributed by atoms with Gasteiger partial charge in [-0.3, -0.25) is 13.8 Å². The number of H-pyrrole nitrogens is 1. The lowest BCUT2D eigenvalue weighted by molar-refractivity contribution is 0.101. The molecule has 1 unspecified atom stereocenters. The van der Waals surface area contributed by atoms with Crippen molar-refractivity contribution in [1.82, 2.24) is 4.98 Å². The van der Waals surface area contributed by atoms with Crippen LogP contribution >= 0.6 is 27.5 Å². The fourth-order valence-corrected chi connectivity index (χ4v) is 4.78. The quantitative estimate of drug-likeness (QED) is 0.220. The Morgan fingerprint density at radius 2 is 1.60 bits per heavy atom. The minimum absolute atomic E-state index is 0.0194. The van der Waals surface area contributed by atoms with Gasteiger partial charge in [0.25, 0.3) is 0 Å². The summed E-state index contributed by atoms with van der Waals surface area (Å²) in [7, 11) is -2.57. The van der Waals surface area contributed by atoms with Gasteiger partial charge in [0.2, 0.25) is 11.2 Å². The highest BCUT2D eigenvalue weighted by atomic mass is 79.9. The number of halogens is 7. The number of hydrogen-bond acceptors (Lipinski definition) is 3. The van der Waals surface area contributed by atoms with E-state index < -0.39 is 73.0 Å². The van der Waals surface area contributed by atoms with E-state index >= 15 is 0 Å². The number of pyridine rings is 1. The molecule has 3 rings (SSSR count). The first-order chi connectivity index (χ1) is 14.0. The van der Waals surface area contributed by atoms with Gasteiger partial charge in [-0.1, -0.05) is 11.6 Å². The molecule has 0 spiro atoms. The first-order valence-corrected chi connectivity index (χ1v) is 10.4. The Labute approximate surface area is 180 Å².